The molecule has 2 nitrogen and oxygen atoms in total. The molecule has 2 rings (SSSR count). The van der Waals surface area contributed by atoms with Crippen LogP contribution in [0.25, 0.3) is 11.1 Å². The van der Waals surface area contributed by atoms with Crippen molar-refractivity contribution >= 4 is 6.21 Å². The van der Waals surface area contributed by atoms with Crippen LogP contribution >= 0.6 is 0 Å². The largest absolute Gasteiger partial charge is 0.497 e. The Bertz CT molecular complexity index is 534. The van der Waals surface area contributed by atoms with Gasteiger partial charge >= 0.3 is 0 Å². The second kappa shape index (κ2) is 4.78. The maximum atomic E-state index is 13.8. The maximum absolute atomic E-state index is 13.8. The Labute approximate surface area is 99.2 Å². The fraction of sp³-hybridized carbons (Fsp3) is 0.0714. The van der Waals surface area contributed by atoms with Gasteiger partial charge in [-0.1, -0.05) is 24.3 Å². The summed E-state index contributed by atoms with van der Waals surface area (Å²) in [5, 5.41) is 7.10. The van der Waals surface area contributed by atoms with Crippen LogP contribution in [-0.4, -0.2) is 13.3 Å². The Morgan fingerprint density at radius 1 is 1.12 bits per heavy atom. The highest BCUT2D eigenvalue weighted by Gasteiger charge is 2.06. The van der Waals surface area contributed by atoms with Gasteiger partial charge < -0.3 is 10.1 Å². The lowest BCUT2D eigenvalue weighted by atomic mass is 10.0. The van der Waals surface area contributed by atoms with E-state index < -0.39 is 0 Å². The highest BCUT2D eigenvalue weighted by atomic mass is 19.1. The lowest BCUT2D eigenvalue weighted by Crippen LogP contribution is -1.88. The summed E-state index contributed by atoms with van der Waals surface area (Å²) in [5.74, 6) is 0.189. The molecule has 1 N–H and O–H groups in total. The third-order valence-corrected chi connectivity index (χ3v) is 2.56. The van der Waals surface area contributed by atoms with Crippen molar-refractivity contribution in [3.8, 4) is 16.9 Å². The van der Waals surface area contributed by atoms with E-state index in [0.717, 1.165) is 11.1 Å². The minimum Gasteiger partial charge on any atom is -0.497 e. The highest BCUT2D eigenvalue weighted by molar-refractivity contribution is 5.78. The molecule has 0 saturated carbocycles. The summed E-state index contributed by atoms with van der Waals surface area (Å²) in [5.41, 5.74) is 2.11. The number of halogens is 1. The number of rotatable bonds is 3. The summed E-state index contributed by atoms with van der Waals surface area (Å²) in [4.78, 5) is 0. The molecule has 0 bridgehead atoms. The van der Waals surface area contributed by atoms with E-state index in [2.05, 4.69) is 0 Å². The molecule has 0 aliphatic rings. The van der Waals surface area contributed by atoms with Crippen LogP contribution in [0.15, 0.2) is 42.5 Å². The maximum Gasteiger partial charge on any atom is 0.134 e. The second-order valence-electron chi connectivity index (χ2n) is 3.61. The van der Waals surface area contributed by atoms with E-state index in [0.29, 0.717) is 11.3 Å². The smallest absolute Gasteiger partial charge is 0.134 e. The zero-order chi connectivity index (χ0) is 12.3. The summed E-state index contributed by atoms with van der Waals surface area (Å²) in [6.45, 7) is 0. The molecule has 0 radical (unpaired) electrons. The molecule has 0 aromatic heterocycles. The van der Waals surface area contributed by atoms with Gasteiger partial charge in [-0.25, -0.2) is 4.39 Å². The normalized spacial score (nSPS) is 10.0. The Morgan fingerprint density at radius 3 is 2.35 bits per heavy atom. The molecule has 17 heavy (non-hydrogen) atoms. The molecule has 2 aromatic rings. The molecule has 0 fully saturated rings. The predicted molar refractivity (Wildman–Crippen MR) is 66.3 cm³/mol. The van der Waals surface area contributed by atoms with Crippen LogP contribution in [0.3, 0.4) is 0 Å². The molecular formula is C14H12FNO. The Hall–Kier alpha value is -2.16. The second-order valence-corrected chi connectivity index (χ2v) is 3.61. The van der Waals surface area contributed by atoms with E-state index in [9.17, 15) is 4.39 Å². The van der Waals surface area contributed by atoms with Gasteiger partial charge in [0.2, 0.25) is 0 Å². The molecule has 86 valence electrons. The van der Waals surface area contributed by atoms with Crippen molar-refractivity contribution in [2.75, 3.05) is 7.11 Å². The van der Waals surface area contributed by atoms with Crippen LogP contribution in [-0.2, 0) is 0 Å². The number of hydrogen-bond donors (Lipinski definition) is 1. The fourth-order valence-electron chi connectivity index (χ4n) is 1.62. The molecule has 0 aliphatic heterocycles. The summed E-state index contributed by atoms with van der Waals surface area (Å²) >= 11 is 0. The van der Waals surface area contributed by atoms with Gasteiger partial charge in [0.25, 0.3) is 0 Å². The van der Waals surface area contributed by atoms with Crippen molar-refractivity contribution in [1.29, 1.82) is 5.41 Å². The molecular weight excluding hydrogens is 217 g/mol. The predicted octanol–water partition coefficient (Wildman–Crippen LogP) is 3.50. The molecule has 0 amide bonds. The van der Waals surface area contributed by atoms with Gasteiger partial charge in [0.15, 0.2) is 0 Å². The average Bonchev–Trinajstić information content (AvgIpc) is 2.39. The number of benzene rings is 2. The summed E-state index contributed by atoms with van der Waals surface area (Å²) in [7, 11) is 1.51. The first kappa shape index (κ1) is 11.3. The van der Waals surface area contributed by atoms with E-state index in [1.165, 1.54) is 19.4 Å². The van der Waals surface area contributed by atoms with Crippen molar-refractivity contribution in [3.63, 3.8) is 0 Å². The van der Waals surface area contributed by atoms with Gasteiger partial charge in [-0.15, -0.1) is 0 Å². The Kier molecular flexibility index (Phi) is 3.19. The van der Waals surface area contributed by atoms with Gasteiger partial charge in [-0.05, 0) is 23.3 Å². The molecule has 0 atom stereocenters. The van der Waals surface area contributed by atoms with Crippen molar-refractivity contribution in [1.82, 2.24) is 0 Å². The monoisotopic (exact) mass is 229 g/mol. The van der Waals surface area contributed by atoms with Gasteiger partial charge in [0, 0.05) is 17.8 Å². The number of methoxy groups -OCH3 is 1. The van der Waals surface area contributed by atoms with E-state index in [1.54, 1.807) is 36.4 Å². The van der Waals surface area contributed by atoms with E-state index in [1.807, 2.05) is 0 Å². The summed E-state index contributed by atoms with van der Waals surface area (Å²) in [6, 6.07) is 11.9. The van der Waals surface area contributed by atoms with Crippen LogP contribution in [0.5, 0.6) is 5.75 Å². The topological polar surface area (TPSA) is 33.1 Å². The van der Waals surface area contributed by atoms with Gasteiger partial charge in [-0.3, -0.25) is 0 Å². The van der Waals surface area contributed by atoms with Crippen LogP contribution in [0, 0.1) is 11.2 Å². The molecule has 3 heteroatoms. The van der Waals surface area contributed by atoms with Crippen molar-refractivity contribution in [3.05, 3.63) is 53.8 Å². The van der Waals surface area contributed by atoms with Crippen molar-refractivity contribution in [2.24, 2.45) is 0 Å². The van der Waals surface area contributed by atoms with Crippen LogP contribution in [0.2, 0.25) is 0 Å². The zero-order valence-corrected chi connectivity index (χ0v) is 9.41. The van der Waals surface area contributed by atoms with E-state index in [-0.39, 0.29) is 5.82 Å². The lowest BCUT2D eigenvalue weighted by molar-refractivity contribution is 0.411. The van der Waals surface area contributed by atoms with E-state index in [4.69, 9.17) is 10.1 Å². The average molecular weight is 229 g/mol. The summed E-state index contributed by atoms with van der Waals surface area (Å²) < 4.78 is 18.7. The van der Waals surface area contributed by atoms with Gasteiger partial charge in [0.05, 0.1) is 7.11 Å². The van der Waals surface area contributed by atoms with Crippen LogP contribution in [0.4, 0.5) is 4.39 Å². The molecule has 0 heterocycles. The molecule has 0 aliphatic carbocycles. The number of hydrogen-bond acceptors (Lipinski definition) is 2. The third kappa shape index (κ3) is 2.33. The van der Waals surface area contributed by atoms with Crippen LogP contribution in [0.1, 0.15) is 5.56 Å². The molecule has 0 spiro atoms. The van der Waals surface area contributed by atoms with Gasteiger partial charge in [0.1, 0.15) is 11.6 Å². The summed E-state index contributed by atoms with van der Waals surface area (Å²) in [6.07, 6.45) is 1.26. The standard InChI is InChI=1S/C14H12FNO/c1-17-12-6-7-13(14(15)8-12)11-4-2-10(9-16)3-5-11/h2-9,16H,1H3. The highest BCUT2D eigenvalue weighted by Crippen LogP contribution is 2.26. The van der Waals surface area contributed by atoms with Crippen molar-refractivity contribution < 1.29 is 9.13 Å². The van der Waals surface area contributed by atoms with Crippen molar-refractivity contribution in [2.45, 2.75) is 0 Å². The first-order valence-corrected chi connectivity index (χ1v) is 5.19. The number of ether oxygens (including phenoxy) is 1. The fourth-order valence-corrected chi connectivity index (χ4v) is 1.62. The lowest BCUT2D eigenvalue weighted by Gasteiger charge is -2.06. The minimum atomic E-state index is -0.313. The first-order valence-electron chi connectivity index (χ1n) is 5.19. The zero-order valence-electron chi connectivity index (χ0n) is 9.41. The molecule has 0 saturated heterocycles. The minimum absolute atomic E-state index is 0.313. The first-order chi connectivity index (χ1) is 8.24. The Balaban J connectivity index is 2.41. The SMILES string of the molecule is COc1ccc(-c2ccc(C=N)cc2)c(F)c1. The van der Waals surface area contributed by atoms with Gasteiger partial charge in [-0.2, -0.15) is 0 Å². The van der Waals surface area contributed by atoms with Crippen LogP contribution < -0.4 is 4.74 Å². The van der Waals surface area contributed by atoms with E-state index >= 15 is 0 Å². The quantitative estimate of drug-likeness (QED) is 0.803. The molecule has 0 unspecified atom stereocenters. The molecule has 2 aromatic carbocycles. The third-order valence-electron chi connectivity index (χ3n) is 2.56. The number of nitrogens with one attached hydrogen (secondary N) is 1. The Morgan fingerprint density at radius 2 is 1.82 bits per heavy atom.